The molecule has 0 amide bonds. The number of hydrogen-bond donors (Lipinski definition) is 2. The fraction of sp³-hybridized carbons (Fsp3) is 0.424. The Morgan fingerprint density at radius 1 is 1.07 bits per heavy atom. The molecule has 44 heavy (non-hydrogen) atoms. The van der Waals surface area contributed by atoms with E-state index in [-0.39, 0.29) is 18.3 Å². The Kier molecular flexibility index (Phi) is 6.80. The van der Waals surface area contributed by atoms with Crippen molar-refractivity contribution in [1.29, 1.82) is 0 Å². The largest absolute Gasteiger partial charge is 0.479 e. The maximum atomic E-state index is 12.8. The molecule has 7 rings (SSSR count). The first kappa shape index (κ1) is 28.6. The van der Waals surface area contributed by atoms with Crippen LogP contribution in [0.5, 0.6) is 0 Å². The maximum Gasteiger partial charge on any atom is 0.376 e. The number of rotatable bonds is 8. The number of nitrogens with zero attached hydrogens (tertiary/aromatic N) is 3. The average molecular weight is 599 g/mol. The van der Waals surface area contributed by atoms with E-state index in [9.17, 15) is 14.7 Å². The van der Waals surface area contributed by atoms with Gasteiger partial charge in [0, 0.05) is 18.7 Å². The first-order chi connectivity index (χ1) is 21.2. The molecule has 3 aromatic rings. The molecular weight excluding hydrogens is 564 g/mol. The van der Waals surface area contributed by atoms with Gasteiger partial charge in [-0.15, -0.1) is 0 Å². The van der Waals surface area contributed by atoms with Gasteiger partial charge in [-0.1, -0.05) is 60.7 Å². The number of carbonyl (C=O) groups excluding carboxylic acids is 1. The van der Waals surface area contributed by atoms with Gasteiger partial charge in [-0.25, -0.2) is 19.6 Å². The molecule has 2 unspecified atom stereocenters. The van der Waals surface area contributed by atoms with Crippen molar-refractivity contribution in [3.05, 3.63) is 83.3 Å². The number of aliphatic carboxylic acids is 1. The van der Waals surface area contributed by atoms with Crippen LogP contribution in [0.1, 0.15) is 60.5 Å². The van der Waals surface area contributed by atoms with Crippen molar-refractivity contribution >= 4 is 29.7 Å². The molecule has 1 aromatic heterocycles. The Balaban J connectivity index is 1.24. The molecule has 11 heteroatoms. The number of anilines is 1. The normalized spacial score (nSPS) is 29.0. The molecule has 228 valence electrons. The molecule has 2 aromatic carbocycles. The third-order valence-electron chi connectivity index (χ3n) is 9.04. The zero-order chi connectivity index (χ0) is 30.7. The van der Waals surface area contributed by atoms with Gasteiger partial charge in [0.15, 0.2) is 17.7 Å². The first-order valence-electron chi connectivity index (χ1n) is 14.9. The van der Waals surface area contributed by atoms with Gasteiger partial charge in [0.25, 0.3) is 0 Å². The summed E-state index contributed by atoms with van der Waals surface area (Å²) in [5.74, 6) is -2.33. The highest BCUT2D eigenvalue weighted by Crippen LogP contribution is 2.73. The number of aromatic nitrogens is 2. The number of ether oxygens (including phenoxy) is 4. The van der Waals surface area contributed by atoms with E-state index in [1.54, 1.807) is 27.0 Å². The van der Waals surface area contributed by atoms with E-state index in [0.29, 0.717) is 36.6 Å². The lowest BCUT2D eigenvalue weighted by Crippen LogP contribution is -2.43. The van der Waals surface area contributed by atoms with Crippen LogP contribution in [-0.4, -0.2) is 76.1 Å². The van der Waals surface area contributed by atoms with Crippen molar-refractivity contribution in [2.45, 2.75) is 69.2 Å². The number of benzene rings is 2. The number of esters is 1. The molecular formula is C33H34N4O7. The summed E-state index contributed by atoms with van der Waals surface area (Å²) in [5.41, 5.74) is 1.64. The van der Waals surface area contributed by atoms with E-state index in [1.165, 1.54) is 0 Å². The lowest BCUT2D eigenvalue weighted by molar-refractivity contribution is -0.184. The smallest absolute Gasteiger partial charge is 0.376 e. The molecule has 2 saturated heterocycles. The van der Waals surface area contributed by atoms with Crippen LogP contribution in [0, 0.1) is 5.41 Å². The number of fused-ring (bicyclic) bond motifs is 2. The lowest BCUT2D eigenvalue weighted by atomic mass is 9.90. The van der Waals surface area contributed by atoms with Crippen LogP contribution >= 0.6 is 0 Å². The zero-order valence-electron chi connectivity index (χ0n) is 24.7. The Labute approximate surface area is 254 Å². The zero-order valence-corrected chi connectivity index (χ0v) is 24.7. The second-order valence-electron chi connectivity index (χ2n) is 12.1. The highest BCUT2D eigenvalue weighted by molar-refractivity contribution is 5.89. The van der Waals surface area contributed by atoms with Gasteiger partial charge in [0.2, 0.25) is 5.82 Å². The van der Waals surface area contributed by atoms with Crippen molar-refractivity contribution in [3.8, 4) is 0 Å². The van der Waals surface area contributed by atoms with Crippen LogP contribution in [0.2, 0.25) is 0 Å². The Morgan fingerprint density at radius 3 is 2.39 bits per heavy atom. The van der Waals surface area contributed by atoms with Crippen LogP contribution in [0.15, 0.2) is 65.7 Å². The van der Waals surface area contributed by atoms with Gasteiger partial charge in [-0.3, -0.25) is 4.99 Å². The fourth-order valence-electron chi connectivity index (χ4n) is 7.16. The lowest BCUT2D eigenvalue weighted by Gasteiger charge is -2.24. The van der Waals surface area contributed by atoms with Crippen molar-refractivity contribution < 1.29 is 33.6 Å². The standard InChI is InChI=1S/C33H34N4O7/c1-4-41-29(40)27-36-22-15-16-32(30-33(32)25(24(42-30)28(38)39)43-31(2,3)44-33)18-35-23(22)26(37-27)34-17-21(19-11-7-5-8-12-19)20-13-9-6-10-14-20/h5-14,18,21,24-25,30H,4,15-17H2,1-3H3,(H,38,39)(H,34,36,37)/t24-,25+,30?,32?,33-/m0/s1. The summed E-state index contributed by atoms with van der Waals surface area (Å²) in [5, 5.41) is 13.3. The number of carbonyl (C=O) groups is 2. The van der Waals surface area contributed by atoms with Gasteiger partial charge >= 0.3 is 11.9 Å². The molecule has 4 heterocycles. The Hall–Kier alpha value is -4.19. The molecule has 2 spiro atoms. The van der Waals surface area contributed by atoms with E-state index in [4.69, 9.17) is 23.9 Å². The number of hydrogen-bond acceptors (Lipinski definition) is 10. The van der Waals surface area contributed by atoms with Crippen molar-refractivity contribution in [2.24, 2.45) is 10.4 Å². The Morgan fingerprint density at radius 2 is 1.75 bits per heavy atom. The molecule has 3 aliphatic heterocycles. The summed E-state index contributed by atoms with van der Waals surface area (Å²) in [7, 11) is 0. The van der Waals surface area contributed by atoms with Gasteiger partial charge in [0.05, 0.1) is 17.7 Å². The molecule has 11 nitrogen and oxygen atoms in total. The summed E-state index contributed by atoms with van der Waals surface area (Å²) in [6.45, 7) is 5.95. The highest BCUT2D eigenvalue weighted by atomic mass is 16.8. The molecule has 4 aliphatic rings. The molecule has 3 fully saturated rings. The van der Waals surface area contributed by atoms with Crippen molar-refractivity contribution in [3.63, 3.8) is 0 Å². The Bertz CT molecular complexity index is 1590. The van der Waals surface area contributed by atoms with Crippen LogP contribution in [-0.2, 0) is 30.2 Å². The monoisotopic (exact) mass is 598 g/mol. The molecule has 0 radical (unpaired) electrons. The first-order valence-corrected chi connectivity index (χ1v) is 14.9. The fourth-order valence-corrected chi connectivity index (χ4v) is 7.16. The highest BCUT2D eigenvalue weighted by Gasteiger charge is 2.91. The minimum atomic E-state index is -1.13. The van der Waals surface area contributed by atoms with Crippen LogP contribution < -0.4 is 5.32 Å². The molecule has 1 saturated carbocycles. The quantitative estimate of drug-likeness (QED) is 0.361. The second-order valence-corrected chi connectivity index (χ2v) is 12.1. The minimum Gasteiger partial charge on any atom is -0.479 e. The number of aryl methyl sites for hydroxylation is 1. The van der Waals surface area contributed by atoms with Gasteiger partial charge in [-0.05, 0) is 44.7 Å². The van der Waals surface area contributed by atoms with E-state index in [2.05, 4.69) is 39.6 Å². The molecule has 5 atom stereocenters. The third-order valence-corrected chi connectivity index (χ3v) is 9.04. The summed E-state index contributed by atoms with van der Waals surface area (Å²) < 4.78 is 23.8. The topological polar surface area (TPSA) is 141 Å². The van der Waals surface area contributed by atoms with E-state index < -0.39 is 47.1 Å². The van der Waals surface area contributed by atoms with Crippen molar-refractivity contribution in [1.82, 2.24) is 9.97 Å². The summed E-state index contributed by atoms with van der Waals surface area (Å²) in [6.07, 6.45) is 0.261. The average Bonchev–Trinajstić information content (AvgIpc) is 3.29. The second kappa shape index (κ2) is 10.5. The van der Waals surface area contributed by atoms with Gasteiger partial charge < -0.3 is 29.4 Å². The van der Waals surface area contributed by atoms with Crippen molar-refractivity contribution in [2.75, 3.05) is 18.5 Å². The van der Waals surface area contributed by atoms with Gasteiger partial charge in [-0.2, -0.15) is 0 Å². The number of aliphatic imine (C=N–C) groups is 1. The molecule has 0 bridgehead atoms. The van der Waals surface area contributed by atoms with Crippen LogP contribution in [0.3, 0.4) is 0 Å². The van der Waals surface area contributed by atoms with E-state index in [1.807, 2.05) is 36.4 Å². The third kappa shape index (κ3) is 4.41. The minimum absolute atomic E-state index is 0.00906. The molecule has 2 N–H and O–H groups in total. The maximum absolute atomic E-state index is 12.8. The number of carboxylic acids is 1. The SMILES string of the molecule is CCOC(=O)c1nc2c(c(NCC(c3ccccc3)c3ccccc3)n1)N=CC1(CC2)C2O[C@H](C(=O)O)[C@H]3OC(C)(C)O[C@]231. The van der Waals surface area contributed by atoms with Crippen LogP contribution in [0.4, 0.5) is 11.5 Å². The summed E-state index contributed by atoms with van der Waals surface area (Å²) in [4.78, 5) is 38.9. The van der Waals surface area contributed by atoms with Crippen LogP contribution in [0.25, 0.3) is 0 Å². The van der Waals surface area contributed by atoms with E-state index >= 15 is 0 Å². The summed E-state index contributed by atoms with van der Waals surface area (Å²) >= 11 is 0. The number of nitrogens with one attached hydrogen (secondary N) is 1. The predicted molar refractivity (Wildman–Crippen MR) is 159 cm³/mol. The van der Waals surface area contributed by atoms with Gasteiger partial charge in [0.1, 0.15) is 23.5 Å². The van der Waals surface area contributed by atoms with E-state index in [0.717, 1.165) is 11.1 Å². The predicted octanol–water partition coefficient (Wildman–Crippen LogP) is 4.29. The molecule has 1 aliphatic carbocycles. The number of carboxylic acid groups (broad SMARTS) is 1. The summed E-state index contributed by atoms with van der Waals surface area (Å²) in [6, 6.07) is 20.4.